The van der Waals surface area contributed by atoms with Gasteiger partial charge in [-0.05, 0) is 54.8 Å². The second-order valence-electron chi connectivity index (χ2n) is 10.9. The molecule has 0 N–H and O–H groups in total. The Hall–Kier alpha value is -2.87. The van der Waals surface area contributed by atoms with Crippen molar-refractivity contribution >= 4 is 41.0 Å². The first-order valence-electron chi connectivity index (χ1n) is 13.5. The van der Waals surface area contributed by atoms with Gasteiger partial charge in [-0.15, -0.1) is 6.58 Å². The molecule has 2 aliphatic rings. The summed E-state index contributed by atoms with van der Waals surface area (Å²) < 4.78 is 11.4. The normalized spacial score (nSPS) is 24.5. The van der Waals surface area contributed by atoms with Crippen LogP contribution in [-0.2, 0) is 31.0 Å². The molecule has 1 saturated carbocycles. The van der Waals surface area contributed by atoms with E-state index >= 15 is 0 Å². The van der Waals surface area contributed by atoms with Crippen molar-refractivity contribution in [1.29, 1.82) is 0 Å². The van der Waals surface area contributed by atoms with Crippen LogP contribution in [0.15, 0.2) is 55.1 Å². The van der Waals surface area contributed by atoms with E-state index in [9.17, 15) is 14.4 Å². The summed E-state index contributed by atoms with van der Waals surface area (Å²) in [6.45, 7) is 8.98. The largest absolute Gasteiger partial charge is 0.462 e. The van der Waals surface area contributed by atoms with Crippen LogP contribution in [0.3, 0.4) is 0 Å². The standard InChI is InChI=1S/C31H36Cl2N2O5/c1-5-12-35-13-11-31(23-7-6-8-25(16-23)39-20(2)36)18-24(17-29(26(31)19-35)40-21(3)37)34(4)30(38)15-22-9-10-27(32)28(33)14-22/h5-10,14,16,24,26,29H,1,11-13,15,17-19H2,2-4H3/t24-,26-,29?,31-/m0/s1. The minimum absolute atomic E-state index is 0.0208. The van der Waals surface area contributed by atoms with Crippen LogP contribution in [0.2, 0.25) is 10.0 Å². The number of esters is 2. The Morgan fingerprint density at radius 1 is 1.12 bits per heavy atom. The number of amides is 1. The summed E-state index contributed by atoms with van der Waals surface area (Å²) in [5.41, 5.74) is 1.38. The minimum atomic E-state index is -0.408. The molecule has 4 rings (SSSR count). The molecule has 214 valence electrons. The molecule has 9 heteroatoms. The molecule has 0 aromatic heterocycles. The lowest BCUT2D eigenvalue weighted by Crippen LogP contribution is -2.61. The summed E-state index contributed by atoms with van der Waals surface area (Å²) in [6.07, 6.45) is 3.66. The number of halogens is 2. The van der Waals surface area contributed by atoms with E-state index in [1.54, 1.807) is 29.2 Å². The van der Waals surface area contributed by atoms with E-state index in [2.05, 4.69) is 11.5 Å². The number of hydrogen-bond acceptors (Lipinski definition) is 6. The Morgan fingerprint density at radius 3 is 2.58 bits per heavy atom. The van der Waals surface area contributed by atoms with E-state index < -0.39 is 11.5 Å². The lowest BCUT2D eigenvalue weighted by atomic mass is 9.56. The van der Waals surface area contributed by atoms with Crippen molar-refractivity contribution in [1.82, 2.24) is 9.80 Å². The molecule has 0 spiro atoms. The molecule has 1 aliphatic heterocycles. The number of hydrogen-bond donors (Lipinski definition) is 0. The van der Waals surface area contributed by atoms with Gasteiger partial charge in [0.1, 0.15) is 11.9 Å². The van der Waals surface area contributed by atoms with Crippen LogP contribution >= 0.6 is 23.2 Å². The number of ether oxygens (including phenoxy) is 2. The van der Waals surface area contributed by atoms with Gasteiger partial charge in [0.05, 0.1) is 16.5 Å². The Morgan fingerprint density at radius 2 is 1.90 bits per heavy atom. The molecule has 2 fully saturated rings. The van der Waals surface area contributed by atoms with Crippen LogP contribution in [0.4, 0.5) is 0 Å². The first kappa shape index (κ1) is 30.1. The van der Waals surface area contributed by atoms with Crippen molar-refractivity contribution in [2.75, 3.05) is 26.7 Å². The van der Waals surface area contributed by atoms with Gasteiger partial charge in [0, 0.05) is 57.8 Å². The van der Waals surface area contributed by atoms with Gasteiger partial charge in [-0.25, -0.2) is 0 Å². The van der Waals surface area contributed by atoms with E-state index in [0.717, 1.165) is 37.2 Å². The third-order valence-corrected chi connectivity index (χ3v) is 8.99. The van der Waals surface area contributed by atoms with Crippen molar-refractivity contribution in [3.8, 4) is 5.75 Å². The zero-order valence-corrected chi connectivity index (χ0v) is 24.7. The first-order valence-corrected chi connectivity index (χ1v) is 14.3. The number of carbonyl (C=O) groups excluding carboxylic acids is 3. The Balaban J connectivity index is 1.70. The van der Waals surface area contributed by atoms with Gasteiger partial charge in [-0.1, -0.05) is 47.5 Å². The topological polar surface area (TPSA) is 76.2 Å². The maximum Gasteiger partial charge on any atom is 0.308 e. The number of benzene rings is 2. The van der Waals surface area contributed by atoms with Crippen LogP contribution in [0.25, 0.3) is 0 Å². The average molecular weight is 588 g/mol. The highest BCUT2D eigenvalue weighted by Gasteiger charge is 2.54. The van der Waals surface area contributed by atoms with Crippen LogP contribution in [0.1, 0.15) is 44.2 Å². The maximum absolute atomic E-state index is 13.5. The van der Waals surface area contributed by atoms with Crippen molar-refractivity contribution < 1.29 is 23.9 Å². The van der Waals surface area contributed by atoms with Crippen LogP contribution < -0.4 is 4.74 Å². The molecule has 0 radical (unpaired) electrons. The molecule has 1 heterocycles. The number of carbonyl (C=O) groups is 3. The smallest absolute Gasteiger partial charge is 0.308 e. The molecule has 4 atom stereocenters. The van der Waals surface area contributed by atoms with E-state index in [1.807, 2.05) is 31.3 Å². The number of piperidine rings is 1. The molecular formula is C31H36Cl2N2O5. The zero-order chi connectivity index (χ0) is 29.0. The number of likely N-dealkylation sites (tertiary alicyclic amines) is 1. The highest BCUT2D eigenvalue weighted by molar-refractivity contribution is 6.42. The van der Waals surface area contributed by atoms with E-state index in [1.165, 1.54) is 13.8 Å². The summed E-state index contributed by atoms with van der Waals surface area (Å²) in [5, 5.41) is 0.845. The molecule has 2 aromatic carbocycles. The van der Waals surface area contributed by atoms with Gasteiger partial charge in [0.15, 0.2) is 0 Å². The summed E-state index contributed by atoms with van der Waals surface area (Å²) in [6, 6.07) is 12.6. The van der Waals surface area contributed by atoms with Gasteiger partial charge in [0.2, 0.25) is 5.91 Å². The van der Waals surface area contributed by atoms with Gasteiger partial charge in [-0.3, -0.25) is 19.3 Å². The van der Waals surface area contributed by atoms with Crippen molar-refractivity contribution in [3.63, 3.8) is 0 Å². The molecule has 2 aromatic rings. The molecule has 0 bridgehead atoms. The summed E-state index contributed by atoms with van der Waals surface area (Å²) in [4.78, 5) is 41.6. The Labute approximate surface area is 246 Å². The minimum Gasteiger partial charge on any atom is -0.462 e. The van der Waals surface area contributed by atoms with Crippen molar-refractivity contribution in [3.05, 3.63) is 76.3 Å². The van der Waals surface area contributed by atoms with Gasteiger partial charge >= 0.3 is 11.9 Å². The van der Waals surface area contributed by atoms with E-state index in [-0.39, 0.29) is 36.2 Å². The Kier molecular flexibility index (Phi) is 9.60. The fraction of sp³-hybridized carbons (Fsp3) is 0.452. The summed E-state index contributed by atoms with van der Waals surface area (Å²) in [7, 11) is 1.81. The van der Waals surface area contributed by atoms with E-state index in [0.29, 0.717) is 28.6 Å². The lowest BCUT2D eigenvalue weighted by Gasteiger charge is -2.56. The highest BCUT2D eigenvalue weighted by Crippen LogP contribution is 2.51. The van der Waals surface area contributed by atoms with Crippen LogP contribution in [-0.4, -0.2) is 66.5 Å². The van der Waals surface area contributed by atoms with E-state index in [4.69, 9.17) is 32.7 Å². The molecule has 7 nitrogen and oxygen atoms in total. The van der Waals surface area contributed by atoms with Crippen LogP contribution in [0, 0.1) is 5.92 Å². The monoisotopic (exact) mass is 586 g/mol. The van der Waals surface area contributed by atoms with Crippen molar-refractivity contribution in [2.24, 2.45) is 5.92 Å². The third-order valence-electron chi connectivity index (χ3n) is 8.25. The second-order valence-corrected chi connectivity index (χ2v) is 11.7. The molecule has 1 aliphatic carbocycles. The predicted molar refractivity (Wildman–Crippen MR) is 156 cm³/mol. The number of nitrogens with zero attached hydrogens (tertiary/aromatic N) is 2. The van der Waals surface area contributed by atoms with Crippen LogP contribution in [0.5, 0.6) is 5.75 Å². The molecule has 1 amide bonds. The number of likely N-dealkylation sites (N-methyl/N-ethyl adjacent to an activating group) is 1. The number of fused-ring (bicyclic) bond motifs is 1. The Bertz CT molecular complexity index is 1280. The molecule has 40 heavy (non-hydrogen) atoms. The fourth-order valence-corrected chi connectivity index (χ4v) is 6.72. The summed E-state index contributed by atoms with van der Waals surface area (Å²) in [5.74, 6) is -0.344. The molecular weight excluding hydrogens is 551 g/mol. The second kappa shape index (κ2) is 12.8. The number of rotatable bonds is 8. The first-order chi connectivity index (χ1) is 19.0. The average Bonchev–Trinajstić information content (AvgIpc) is 2.90. The van der Waals surface area contributed by atoms with Crippen molar-refractivity contribution in [2.45, 2.75) is 57.1 Å². The maximum atomic E-state index is 13.5. The predicted octanol–water partition coefficient (Wildman–Crippen LogP) is 5.46. The van der Waals surface area contributed by atoms with Gasteiger partial charge in [-0.2, -0.15) is 0 Å². The molecule has 1 unspecified atom stereocenters. The van der Waals surface area contributed by atoms with Gasteiger partial charge < -0.3 is 14.4 Å². The lowest BCUT2D eigenvalue weighted by molar-refractivity contribution is -0.160. The SMILES string of the molecule is C=CCN1CC[C@@]2(c3cccc(OC(C)=O)c3)C[C@@H](N(C)C(=O)Cc3ccc(Cl)c(Cl)c3)CC(OC(C)=O)[C@@H]2C1. The fourth-order valence-electron chi connectivity index (χ4n) is 6.40. The quantitative estimate of drug-likeness (QED) is 0.232. The third kappa shape index (κ3) is 6.70. The summed E-state index contributed by atoms with van der Waals surface area (Å²) >= 11 is 12.2. The highest BCUT2D eigenvalue weighted by atomic mass is 35.5. The zero-order valence-electron chi connectivity index (χ0n) is 23.2. The van der Waals surface area contributed by atoms with Gasteiger partial charge in [0.25, 0.3) is 0 Å². The molecule has 1 saturated heterocycles.